The number of H-pyrrole nitrogens is 1. The number of rotatable bonds is 5. The first-order valence-electron chi connectivity index (χ1n) is 4.57. The number of hydrogen-bond acceptors (Lipinski definition) is 3. The van der Waals surface area contributed by atoms with Gasteiger partial charge in [0, 0.05) is 25.0 Å². The molecule has 1 rings (SSSR count). The normalized spacial score (nSPS) is 10.1. The molecule has 0 aliphatic heterocycles. The molecule has 5 heteroatoms. The average molecular weight is 197 g/mol. The number of nitrogens with two attached hydrogens (primary N) is 1. The third-order valence-corrected chi connectivity index (χ3v) is 1.82. The number of unbranched alkanes of at least 4 members (excludes halogenated alkanes) is 1. The van der Waals surface area contributed by atoms with Crippen molar-refractivity contribution in [2.24, 2.45) is 0 Å². The molecular formula is C9H15N3O2. The number of aliphatic hydroxyl groups is 1. The van der Waals surface area contributed by atoms with Gasteiger partial charge in [-0.15, -0.1) is 0 Å². The van der Waals surface area contributed by atoms with Crippen molar-refractivity contribution in [1.82, 2.24) is 10.3 Å². The number of aromatic nitrogens is 1. The Morgan fingerprint density at radius 1 is 1.57 bits per heavy atom. The van der Waals surface area contributed by atoms with Crippen LogP contribution in [0.25, 0.3) is 0 Å². The molecule has 5 N–H and O–H groups in total. The van der Waals surface area contributed by atoms with Gasteiger partial charge in [0.2, 0.25) is 0 Å². The van der Waals surface area contributed by atoms with E-state index in [0.717, 1.165) is 6.42 Å². The zero-order chi connectivity index (χ0) is 10.4. The van der Waals surface area contributed by atoms with E-state index in [9.17, 15) is 4.79 Å². The van der Waals surface area contributed by atoms with Gasteiger partial charge in [-0.2, -0.15) is 0 Å². The molecule has 0 aromatic carbocycles. The summed E-state index contributed by atoms with van der Waals surface area (Å²) in [5, 5.41) is 11.2. The fourth-order valence-electron chi connectivity index (χ4n) is 1.08. The highest BCUT2D eigenvalue weighted by Crippen LogP contribution is 2.03. The molecule has 1 heterocycles. The monoisotopic (exact) mass is 197 g/mol. The van der Waals surface area contributed by atoms with Crippen molar-refractivity contribution >= 4 is 11.6 Å². The molecule has 1 aromatic rings. The van der Waals surface area contributed by atoms with E-state index in [0.29, 0.717) is 24.3 Å². The summed E-state index contributed by atoms with van der Waals surface area (Å²) in [6.07, 6.45) is 3.05. The average Bonchev–Trinajstić information content (AvgIpc) is 2.59. The van der Waals surface area contributed by atoms with Gasteiger partial charge in [0.25, 0.3) is 5.91 Å². The molecule has 0 saturated heterocycles. The second kappa shape index (κ2) is 5.29. The van der Waals surface area contributed by atoms with Gasteiger partial charge in [0.05, 0.1) is 0 Å². The van der Waals surface area contributed by atoms with E-state index in [1.807, 2.05) is 0 Å². The molecule has 0 spiro atoms. The topological polar surface area (TPSA) is 91.1 Å². The van der Waals surface area contributed by atoms with Gasteiger partial charge in [-0.3, -0.25) is 4.79 Å². The van der Waals surface area contributed by atoms with Gasteiger partial charge in [-0.05, 0) is 18.9 Å². The molecule has 0 saturated carbocycles. The highest BCUT2D eigenvalue weighted by Gasteiger charge is 2.05. The molecule has 0 unspecified atom stereocenters. The Hall–Kier alpha value is -1.49. The molecule has 0 radical (unpaired) electrons. The number of aromatic amines is 1. The summed E-state index contributed by atoms with van der Waals surface area (Å²) in [7, 11) is 0. The third kappa shape index (κ3) is 3.10. The van der Waals surface area contributed by atoms with Crippen LogP contribution in [-0.4, -0.2) is 29.1 Å². The van der Waals surface area contributed by atoms with Crippen molar-refractivity contribution in [3.63, 3.8) is 0 Å². The highest BCUT2D eigenvalue weighted by atomic mass is 16.2. The molecular weight excluding hydrogens is 182 g/mol. The van der Waals surface area contributed by atoms with Crippen LogP contribution in [0.1, 0.15) is 23.3 Å². The number of carbonyl (C=O) groups is 1. The quantitative estimate of drug-likeness (QED) is 0.504. The van der Waals surface area contributed by atoms with Gasteiger partial charge in [0.1, 0.15) is 5.69 Å². The van der Waals surface area contributed by atoms with Gasteiger partial charge in [-0.1, -0.05) is 0 Å². The van der Waals surface area contributed by atoms with Gasteiger partial charge < -0.3 is 21.1 Å². The Balaban J connectivity index is 2.29. The van der Waals surface area contributed by atoms with Crippen molar-refractivity contribution < 1.29 is 9.90 Å². The number of hydrogen-bond donors (Lipinski definition) is 4. The maximum Gasteiger partial charge on any atom is 0.267 e. The van der Waals surface area contributed by atoms with Crippen molar-refractivity contribution in [2.45, 2.75) is 12.8 Å². The predicted molar refractivity (Wildman–Crippen MR) is 53.9 cm³/mol. The predicted octanol–water partition coefficient (Wildman–Crippen LogP) is 0.0992. The smallest absolute Gasteiger partial charge is 0.267 e. The number of aliphatic hydroxyl groups excluding tert-OH is 1. The molecule has 1 aromatic heterocycles. The summed E-state index contributed by atoms with van der Waals surface area (Å²) >= 11 is 0. The van der Waals surface area contributed by atoms with Gasteiger partial charge in [0.15, 0.2) is 0 Å². The minimum Gasteiger partial charge on any atom is -0.397 e. The van der Waals surface area contributed by atoms with E-state index in [2.05, 4.69) is 10.3 Å². The van der Waals surface area contributed by atoms with Crippen LogP contribution in [0.4, 0.5) is 5.69 Å². The Morgan fingerprint density at radius 2 is 2.36 bits per heavy atom. The Labute approximate surface area is 82.3 Å². The fourth-order valence-corrected chi connectivity index (χ4v) is 1.08. The Kier molecular flexibility index (Phi) is 4.00. The number of nitrogen functional groups attached to an aromatic ring is 1. The molecule has 0 fully saturated rings. The Bertz CT molecular complexity index is 296. The largest absolute Gasteiger partial charge is 0.397 e. The lowest BCUT2D eigenvalue weighted by atomic mass is 10.3. The maximum atomic E-state index is 11.4. The molecule has 0 aliphatic rings. The third-order valence-electron chi connectivity index (χ3n) is 1.82. The van der Waals surface area contributed by atoms with Crippen LogP contribution in [0.2, 0.25) is 0 Å². The van der Waals surface area contributed by atoms with Gasteiger partial charge >= 0.3 is 0 Å². The van der Waals surface area contributed by atoms with Gasteiger partial charge in [-0.25, -0.2) is 0 Å². The summed E-state index contributed by atoms with van der Waals surface area (Å²) < 4.78 is 0. The lowest BCUT2D eigenvalue weighted by Crippen LogP contribution is -2.24. The number of nitrogens with one attached hydrogen (secondary N) is 2. The lowest BCUT2D eigenvalue weighted by molar-refractivity contribution is 0.0947. The summed E-state index contributed by atoms with van der Waals surface area (Å²) in [4.78, 5) is 14.1. The first-order chi connectivity index (χ1) is 6.74. The SMILES string of the molecule is Nc1c[nH]c(C(=O)NCCCCO)c1. The van der Waals surface area contributed by atoms with Crippen molar-refractivity contribution in [3.05, 3.63) is 18.0 Å². The van der Waals surface area contributed by atoms with E-state index in [1.165, 1.54) is 0 Å². The van der Waals surface area contributed by atoms with Crippen LogP contribution in [0.5, 0.6) is 0 Å². The second-order valence-electron chi connectivity index (χ2n) is 3.03. The minimum absolute atomic E-state index is 0.158. The summed E-state index contributed by atoms with van der Waals surface area (Å²) in [6, 6.07) is 1.58. The first-order valence-corrected chi connectivity index (χ1v) is 4.57. The highest BCUT2D eigenvalue weighted by molar-refractivity contribution is 5.93. The van der Waals surface area contributed by atoms with E-state index in [1.54, 1.807) is 12.3 Å². The number of anilines is 1. The minimum atomic E-state index is -0.167. The zero-order valence-corrected chi connectivity index (χ0v) is 7.92. The van der Waals surface area contributed by atoms with Crippen molar-refractivity contribution in [3.8, 4) is 0 Å². The van der Waals surface area contributed by atoms with E-state index in [-0.39, 0.29) is 12.5 Å². The maximum absolute atomic E-state index is 11.4. The van der Waals surface area contributed by atoms with Crippen molar-refractivity contribution in [2.75, 3.05) is 18.9 Å². The van der Waals surface area contributed by atoms with E-state index < -0.39 is 0 Å². The van der Waals surface area contributed by atoms with Crippen LogP contribution in [-0.2, 0) is 0 Å². The molecule has 0 bridgehead atoms. The summed E-state index contributed by atoms with van der Waals surface area (Å²) in [5.74, 6) is -0.167. The molecule has 14 heavy (non-hydrogen) atoms. The van der Waals surface area contributed by atoms with Crippen LogP contribution < -0.4 is 11.1 Å². The van der Waals surface area contributed by atoms with Crippen molar-refractivity contribution in [1.29, 1.82) is 0 Å². The van der Waals surface area contributed by atoms with Crippen LogP contribution in [0.3, 0.4) is 0 Å². The fraction of sp³-hybridized carbons (Fsp3) is 0.444. The first kappa shape index (κ1) is 10.6. The molecule has 5 nitrogen and oxygen atoms in total. The molecule has 0 atom stereocenters. The lowest BCUT2D eigenvalue weighted by Gasteiger charge is -2.01. The molecule has 1 amide bonds. The van der Waals surface area contributed by atoms with E-state index in [4.69, 9.17) is 10.8 Å². The molecule has 0 aliphatic carbocycles. The number of carbonyl (C=O) groups excluding carboxylic acids is 1. The van der Waals surface area contributed by atoms with E-state index >= 15 is 0 Å². The van der Waals surface area contributed by atoms with Crippen LogP contribution in [0, 0.1) is 0 Å². The number of amides is 1. The summed E-state index contributed by atoms with van der Waals surface area (Å²) in [6.45, 7) is 0.726. The standard InChI is InChI=1S/C9H15N3O2/c10-7-5-8(12-6-7)9(14)11-3-1-2-4-13/h5-6,12-13H,1-4,10H2,(H,11,14). The summed E-state index contributed by atoms with van der Waals surface area (Å²) in [5.41, 5.74) is 6.46. The molecule has 78 valence electrons. The Morgan fingerprint density at radius 3 is 2.93 bits per heavy atom. The zero-order valence-electron chi connectivity index (χ0n) is 7.92. The second-order valence-corrected chi connectivity index (χ2v) is 3.03. The van der Waals surface area contributed by atoms with Crippen LogP contribution >= 0.6 is 0 Å². The van der Waals surface area contributed by atoms with Crippen LogP contribution in [0.15, 0.2) is 12.3 Å².